The third-order valence-corrected chi connectivity index (χ3v) is 6.32. The van der Waals surface area contributed by atoms with Gasteiger partial charge in [0.05, 0.1) is 7.11 Å². The Morgan fingerprint density at radius 1 is 1.29 bits per heavy atom. The summed E-state index contributed by atoms with van der Waals surface area (Å²) in [4.78, 5) is 23.0. The monoisotopic (exact) mass is 591 g/mol. The molecule has 0 bridgehead atoms. The number of halogens is 2. The molecule has 1 unspecified atom stereocenters. The zero-order valence-corrected chi connectivity index (χ0v) is 26.1. The number of hydrogen-bond donors (Lipinski definition) is 2. The standard InChI is InChI=1S/C20H21F2N4O3P.C7H14.C3H9N/c1-26-8-7-11(9-26)23-18(27)14-10-29-19(24-14)13-3-5-15(28-2)17-12(13)4-6-16(25-17)20(21,22)30;1-4-5-6-7(2)3;1-3(2)4/h3-6,10-11H,7-9,30H2,1-2H3,(H,23,27);4,7H,1,5-6H2,2-3H3;3H,4H2,1-2H3/t11-;;/m1../s1. The minimum atomic E-state index is -3.17. The molecule has 1 aromatic carbocycles. The molecule has 2 atom stereocenters. The molecule has 1 saturated heterocycles. The number of fused-ring (bicyclic) bond motifs is 1. The van der Waals surface area contributed by atoms with E-state index in [0.29, 0.717) is 22.7 Å². The number of amides is 1. The molecular formula is C30H44F2N5O3P. The quantitative estimate of drug-likeness (QED) is 0.237. The molecule has 0 radical (unpaired) electrons. The number of nitrogens with two attached hydrogens (primary N) is 1. The summed E-state index contributed by atoms with van der Waals surface area (Å²) in [7, 11) is 4.91. The van der Waals surface area contributed by atoms with E-state index in [1.807, 2.05) is 27.0 Å². The van der Waals surface area contributed by atoms with Gasteiger partial charge in [-0.3, -0.25) is 4.79 Å². The van der Waals surface area contributed by atoms with Gasteiger partial charge in [-0.25, -0.2) is 9.97 Å². The van der Waals surface area contributed by atoms with E-state index >= 15 is 0 Å². The van der Waals surface area contributed by atoms with Crippen molar-refractivity contribution >= 4 is 26.0 Å². The lowest BCUT2D eigenvalue weighted by atomic mass is 10.1. The Kier molecular flexibility index (Phi) is 13.3. The lowest BCUT2D eigenvalue weighted by Crippen LogP contribution is -2.36. The zero-order valence-electron chi connectivity index (χ0n) is 24.9. The highest BCUT2D eigenvalue weighted by Gasteiger charge is 2.28. The molecule has 3 heterocycles. The fourth-order valence-electron chi connectivity index (χ4n) is 3.99. The van der Waals surface area contributed by atoms with Crippen LogP contribution in [0.2, 0.25) is 0 Å². The van der Waals surface area contributed by atoms with Gasteiger partial charge < -0.3 is 25.1 Å². The number of alkyl halides is 2. The Bertz CT molecular complexity index is 1270. The number of likely N-dealkylation sites (tertiary alicyclic amines) is 1. The Morgan fingerprint density at radius 3 is 2.49 bits per heavy atom. The molecule has 1 amide bonds. The average molecular weight is 592 g/mol. The molecule has 0 saturated carbocycles. The van der Waals surface area contributed by atoms with Gasteiger partial charge in [-0.15, -0.1) is 6.58 Å². The van der Waals surface area contributed by atoms with Crippen molar-refractivity contribution in [1.82, 2.24) is 20.2 Å². The minimum absolute atomic E-state index is 0.0701. The van der Waals surface area contributed by atoms with E-state index < -0.39 is 11.4 Å². The van der Waals surface area contributed by atoms with Crippen LogP contribution in [0.25, 0.3) is 22.4 Å². The summed E-state index contributed by atoms with van der Waals surface area (Å²) in [5.41, 5.74) is 2.48. The second-order valence-electron chi connectivity index (χ2n) is 10.8. The highest BCUT2D eigenvalue weighted by atomic mass is 31.0. The number of likely N-dealkylation sites (N-methyl/N-ethyl adjacent to an activating group) is 1. The van der Waals surface area contributed by atoms with Crippen LogP contribution in [0.5, 0.6) is 5.75 Å². The van der Waals surface area contributed by atoms with Crippen LogP contribution in [0.15, 0.2) is 47.6 Å². The van der Waals surface area contributed by atoms with Crippen LogP contribution in [-0.2, 0) is 5.66 Å². The first-order valence-corrected chi connectivity index (χ1v) is 14.3. The summed E-state index contributed by atoms with van der Waals surface area (Å²) in [6.07, 6.45) is 6.59. The van der Waals surface area contributed by atoms with Crippen molar-refractivity contribution in [1.29, 1.82) is 0 Å². The summed E-state index contributed by atoms with van der Waals surface area (Å²) >= 11 is 0. The molecule has 0 aliphatic carbocycles. The highest BCUT2D eigenvalue weighted by Crippen LogP contribution is 2.38. The smallest absolute Gasteiger partial charge is 0.300 e. The Hall–Kier alpha value is -2.94. The SMILES string of the molecule is C=CCCC(C)C.CC(C)N.COc1ccc(-c2nc(C(=O)N[C@@H]3CCN(C)C3)co2)c2ccc(C(F)(F)P)nc12. The maximum absolute atomic E-state index is 13.7. The molecule has 2 aromatic heterocycles. The van der Waals surface area contributed by atoms with Crippen molar-refractivity contribution < 1.29 is 22.7 Å². The summed E-state index contributed by atoms with van der Waals surface area (Å²) < 4.78 is 38.2. The Morgan fingerprint density at radius 2 is 1.98 bits per heavy atom. The second kappa shape index (κ2) is 15.9. The summed E-state index contributed by atoms with van der Waals surface area (Å²) in [5.74, 6) is 1.06. The number of methoxy groups -OCH3 is 1. The number of nitrogens with zero attached hydrogens (tertiary/aromatic N) is 3. The first kappa shape index (κ1) is 34.3. The van der Waals surface area contributed by atoms with Crippen LogP contribution in [0.4, 0.5) is 8.78 Å². The first-order chi connectivity index (χ1) is 19.3. The van der Waals surface area contributed by atoms with Gasteiger partial charge in [0, 0.05) is 23.5 Å². The lowest BCUT2D eigenvalue weighted by molar-refractivity contribution is 0.0932. The second-order valence-corrected chi connectivity index (χ2v) is 11.5. The number of allylic oxidation sites excluding steroid dienone is 1. The fraction of sp³-hybridized carbons (Fsp3) is 0.500. The molecular weight excluding hydrogens is 547 g/mol. The van der Waals surface area contributed by atoms with Crippen LogP contribution in [0, 0.1) is 5.92 Å². The van der Waals surface area contributed by atoms with Gasteiger partial charge in [-0.1, -0.05) is 43.0 Å². The van der Waals surface area contributed by atoms with Crippen LogP contribution in [0.1, 0.15) is 63.1 Å². The Labute approximate surface area is 244 Å². The number of pyridine rings is 1. The molecule has 1 fully saturated rings. The molecule has 8 nitrogen and oxygen atoms in total. The number of carbonyl (C=O) groups is 1. The van der Waals surface area contributed by atoms with Crippen molar-refractivity contribution in [2.24, 2.45) is 11.7 Å². The van der Waals surface area contributed by atoms with Crippen molar-refractivity contribution in [3.8, 4) is 17.2 Å². The predicted molar refractivity (Wildman–Crippen MR) is 164 cm³/mol. The molecule has 1 aliphatic heterocycles. The number of hydrogen-bond acceptors (Lipinski definition) is 7. The highest BCUT2D eigenvalue weighted by molar-refractivity contribution is 7.17. The molecule has 4 rings (SSSR count). The minimum Gasteiger partial charge on any atom is -0.494 e. The third kappa shape index (κ3) is 10.8. The maximum atomic E-state index is 13.7. The van der Waals surface area contributed by atoms with Gasteiger partial charge in [0.25, 0.3) is 11.6 Å². The van der Waals surface area contributed by atoms with Gasteiger partial charge in [0.15, 0.2) is 5.69 Å². The number of aromatic nitrogens is 2. The first-order valence-electron chi connectivity index (χ1n) is 13.7. The van der Waals surface area contributed by atoms with E-state index in [2.05, 4.69) is 40.6 Å². The van der Waals surface area contributed by atoms with E-state index in [1.165, 1.54) is 41.2 Å². The molecule has 3 N–H and O–H groups in total. The molecule has 41 heavy (non-hydrogen) atoms. The van der Waals surface area contributed by atoms with Gasteiger partial charge in [0.2, 0.25) is 5.89 Å². The molecule has 1 aliphatic rings. The number of oxazole rings is 1. The molecule has 0 spiro atoms. The van der Waals surface area contributed by atoms with Crippen molar-refractivity contribution in [2.75, 3.05) is 27.2 Å². The van der Waals surface area contributed by atoms with E-state index in [1.54, 1.807) is 12.1 Å². The number of rotatable bonds is 8. The van der Waals surface area contributed by atoms with Crippen LogP contribution in [-0.4, -0.2) is 60.1 Å². The van der Waals surface area contributed by atoms with Crippen LogP contribution < -0.4 is 15.8 Å². The number of ether oxygens (including phenoxy) is 1. The van der Waals surface area contributed by atoms with Gasteiger partial charge in [0.1, 0.15) is 23.2 Å². The predicted octanol–water partition coefficient (Wildman–Crippen LogP) is 6.22. The van der Waals surface area contributed by atoms with Crippen molar-refractivity contribution in [3.63, 3.8) is 0 Å². The number of benzene rings is 1. The van der Waals surface area contributed by atoms with E-state index in [-0.39, 0.29) is 29.1 Å². The summed E-state index contributed by atoms with van der Waals surface area (Å²) in [6, 6.07) is 6.46. The summed E-state index contributed by atoms with van der Waals surface area (Å²) in [5, 5.41) is 3.48. The fourth-order valence-corrected chi connectivity index (χ4v) is 4.15. The van der Waals surface area contributed by atoms with Crippen molar-refractivity contribution in [3.05, 3.63) is 54.6 Å². The van der Waals surface area contributed by atoms with Gasteiger partial charge in [-0.05, 0) is 69.1 Å². The van der Waals surface area contributed by atoms with E-state index in [0.717, 1.165) is 31.8 Å². The third-order valence-electron chi connectivity index (χ3n) is 6.02. The molecule has 226 valence electrons. The van der Waals surface area contributed by atoms with Crippen LogP contribution >= 0.6 is 9.24 Å². The molecule has 3 aromatic rings. The Balaban J connectivity index is 0.000000456. The van der Waals surface area contributed by atoms with Gasteiger partial charge >= 0.3 is 0 Å². The largest absolute Gasteiger partial charge is 0.494 e. The average Bonchev–Trinajstić information content (AvgIpc) is 3.55. The topological polar surface area (TPSA) is 107 Å². The van der Waals surface area contributed by atoms with Crippen molar-refractivity contribution in [2.45, 2.75) is 64.7 Å². The number of nitrogens with one attached hydrogen (secondary N) is 1. The molecule has 11 heteroatoms. The van der Waals surface area contributed by atoms with Gasteiger partial charge in [-0.2, -0.15) is 8.78 Å². The normalized spacial score (nSPS) is 15.3. The van der Waals surface area contributed by atoms with Crippen LogP contribution in [0.3, 0.4) is 0 Å². The van der Waals surface area contributed by atoms with E-state index in [4.69, 9.17) is 14.9 Å². The zero-order chi connectivity index (χ0) is 30.7. The maximum Gasteiger partial charge on any atom is 0.300 e. The van der Waals surface area contributed by atoms with E-state index in [9.17, 15) is 13.6 Å². The lowest BCUT2D eigenvalue weighted by Gasteiger charge is -2.13. The number of carbonyl (C=O) groups excluding carboxylic acids is 1. The summed E-state index contributed by atoms with van der Waals surface area (Å²) in [6.45, 7) is 13.7.